The largest absolute Gasteiger partial charge is 0.494 e. The van der Waals surface area contributed by atoms with E-state index in [4.69, 9.17) is 14.5 Å². The summed E-state index contributed by atoms with van der Waals surface area (Å²) in [6.45, 7) is 1.61. The summed E-state index contributed by atoms with van der Waals surface area (Å²) in [5.74, 6) is -0.557. The number of carbonyl (C=O) groups excluding carboxylic acids is 1. The van der Waals surface area contributed by atoms with Gasteiger partial charge in [0.05, 0.1) is 13.2 Å². The first-order chi connectivity index (χ1) is 18.4. The number of hydrogen-bond donors (Lipinski definition) is 3. The Kier molecular flexibility index (Phi) is 11.7. The van der Waals surface area contributed by atoms with Gasteiger partial charge in [-0.25, -0.2) is 19.2 Å². The number of carboxylic acids is 1. The van der Waals surface area contributed by atoms with E-state index in [1.807, 2.05) is 4.90 Å². The zero-order valence-electron chi connectivity index (χ0n) is 22.1. The molecule has 0 unspecified atom stereocenters. The summed E-state index contributed by atoms with van der Waals surface area (Å²) in [5.41, 5.74) is 2.30. The molecule has 0 bridgehead atoms. The Hall–Kier alpha value is -3.31. The number of nitrogens with one attached hydrogen (secondary N) is 2. The molecular weight excluding hydrogens is 493 g/mol. The second kappa shape index (κ2) is 15.2. The van der Waals surface area contributed by atoms with Crippen molar-refractivity contribution in [1.29, 1.82) is 0 Å². The topological polar surface area (TPSA) is 126 Å². The number of aryl methyl sites for hydroxylation is 2. The van der Waals surface area contributed by atoms with Crippen LogP contribution >= 0.6 is 0 Å². The van der Waals surface area contributed by atoms with Crippen molar-refractivity contribution >= 4 is 17.7 Å². The van der Waals surface area contributed by atoms with Crippen molar-refractivity contribution in [2.45, 2.75) is 50.7 Å². The van der Waals surface area contributed by atoms with E-state index in [1.165, 1.54) is 26.0 Å². The van der Waals surface area contributed by atoms with Gasteiger partial charge in [0.25, 0.3) is 5.91 Å². The van der Waals surface area contributed by atoms with Gasteiger partial charge in [0, 0.05) is 38.6 Å². The minimum absolute atomic E-state index is 0.0148. The average molecular weight is 532 g/mol. The smallest absolute Gasteiger partial charge is 0.326 e. The van der Waals surface area contributed by atoms with E-state index in [1.54, 1.807) is 12.1 Å². The second-order valence-corrected chi connectivity index (χ2v) is 9.32. The molecule has 3 rings (SSSR count). The first kappa shape index (κ1) is 29.2. The Bertz CT molecular complexity index is 1050. The quantitative estimate of drug-likeness (QED) is 0.280. The number of alkyl halides is 1. The number of aromatic nitrogens is 2. The third kappa shape index (κ3) is 8.63. The van der Waals surface area contributed by atoms with Crippen molar-refractivity contribution in [2.75, 3.05) is 52.4 Å². The fourth-order valence-corrected chi connectivity index (χ4v) is 4.44. The molecule has 2 aromatic rings. The van der Waals surface area contributed by atoms with Gasteiger partial charge in [0.2, 0.25) is 0 Å². The van der Waals surface area contributed by atoms with E-state index in [2.05, 4.69) is 27.8 Å². The van der Waals surface area contributed by atoms with Crippen LogP contribution in [0.2, 0.25) is 0 Å². The van der Waals surface area contributed by atoms with Crippen LogP contribution in [-0.2, 0) is 22.4 Å². The van der Waals surface area contributed by atoms with Crippen LogP contribution in [0.5, 0.6) is 5.75 Å². The standard InChI is InChI=1S/C27H38FN5O5/c1-37-21(17-28)18-33(15-4-3-8-20-11-10-19-7-5-14-30-25(19)31-20)16-12-22(27(35)36)32-26(34)24-23(38-2)9-6-13-29-24/h6,9-11,13,21-22H,3-5,7-8,12,14-18H2,1-2H3,(H,30,31)(H,32,34)(H,35,36)/t21-,22+/m1/s1. The molecule has 11 heteroatoms. The molecule has 3 heterocycles. The summed E-state index contributed by atoms with van der Waals surface area (Å²) in [7, 11) is 2.87. The maximum absolute atomic E-state index is 13.4. The van der Waals surface area contributed by atoms with Gasteiger partial charge in [-0.05, 0) is 68.8 Å². The van der Waals surface area contributed by atoms with Crippen LogP contribution in [0.3, 0.4) is 0 Å². The van der Waals surface area contributed by atoms with E-state index in [0.717, 1.165) is 50.2 Å². The number of halogens is 1. The van der Waals surface area contributed by atoms with Crippen LogP contribution in [-0.4, -0.2) is 91.1 Å². The summed E-state index contributed by atoms with van der Waals surface area (Å²) in [6, 6.07) is 6.27. The molecular formula is C27H38FN5O5. The monoisotopic (exact) mass is 531 g/mol. The Morgan fingerprint density at radius 3 is 2.82 bits per heavy atom. The molecule has 0 saturated heterocycles. The third-order valence-electron chi connectivity index (χ3n) is 6.62. The van der Waals surface area contributed by atoms with Crippen LogP contribution in [0.15, 0.2) is 30.5 Å². The van der Waals surface area contributed by atoms with E-state index in [-0.39, 0.29) is 17.9 Å². The number of nitrogens with zero attached hydrogens (tertiary/aromatic N) is 3. The van der Waals surface area contributed by atoms with Crippen LogP contribution < -0.4 is 15.4 Å². The Morgan fingerprint density at radius 2 is 2.08 bits per heavy atom. The number of unbranched alkanes of at least 4 members (excludes halogenated alkanes) is 1. The molecule has 0 fully saturated rings. The summed E-state index contributed by atoms with van der Waals surface area (Å²) < 4.78 is 23.8. The Labute approximate surface area is 222 Å². The number of pyridine rings is 2. The molecule has 3 N–H and O–H groups in total. The molecule has 38 heavy (non-hydrogen) atoms. The lowest BCUT2D eigenvalue weighted by Crippen LogP contribution is -2.44. The van der Waals surface area contributed by atoms with Gasteiger partial charge in [-0.3, -0.25) is 4.79 Å². The van der Waals surface area contributed by atoms with Crippen molar-refractivity contribution in [3.8, 4) is 5.75 Å². The van der Waals surface area contributed by atoms with Crippen LogP contribution in [0, 0.1) is 0 Å². The van der Waals surface area contributed by atoms with Crippen LogP contribution in [0.1, 0.15) is 47.4 Å². The molecule has 10 nitrogen and oxygen atoms in total. The summed E-state index contributed by atoms with van der Waals surface area (Å²) in [6.07, 6.45) is 5.66. The predicted octanol–water partition coefficient (Wildman–Crippen LogP) is 2.73. The number of hydrogen-bond acceptors (Lipinski definition) is 8. The fraction of sp³-hybridized carbons (Fsp3) is 0.556. The summed E-state index contributed by atoms with van der Waals surface area (Å²) in [4.78, 5) is 35.3. The van der Waals surface area contributed by atoms with Gasteiger partial charge in [-0.2, -0.15) is 0 Å². The van der Waals surface area contributed by atoms with Gasteiger partial charge in [-0.1, -0.05) is 6.07 Å². The highest BCUT2D eigenvalue weighted by Crippen LogP contribution is 2.20. The lowest BCUT2D eigenvalue weighted by molar-refractivity contribution is -0.139. The van der Waals surface area contributed by atoms with E-state index < -0.39 is 30.7 Å². The molecule has 0 spiro atoms. The summed E-state index contributed by atoms with van der Waals surface area (Å²) >= 11 is 0. The van der Waals surface area contributed by atoms with Crippen molar-refractivity contribution < 1.29 is 28.6 Å². The van der Waals surface area contributed by atoms with Gasteiger partial charge >= 0.3 is 5.97 Å². The Balaban J connectivity index is 1.55. The molecule has 0 radical (unpaired) electrons. The van der Waals surface area contributed by atoms with Gasteiger partial charge in [0.1, 0.15) is 24.3 Å². The molecule has 2 atom stereocenters. The van der Waals surface area contributed by atoms with Gasteiger partial charge in [-0.15, -0.1) is 0 Å². The number of carboxylic acid groups (broad SMARTS) is 1. The molecule has 208 valence electrons. The maximum Gasteiger partial charge on any atom is 0.326 e. The molecule has 0 aromatic carbocycles. The molecule has 0 aliphatic carbocycles. The highest BCUT2D eigenvalue weighted by molar-refractivity contribution is 5.97. The number of ether oxygens (including phenoxy) is 2. The highest BCUT2D eigenvalue weighted by atomic mass is 19.1. The van der Waals surface area contributed by atoms with Crippen molar-refractivity contribution in [2.24, 2.45) is 0 Å². The molecule has 1 aliphatic rings. The van der Waals surface area contributed by atoms with Crippen molar-refractivity contribution in [3.05, 3.63) is 47.4 Å². The number of aliphatic carboxylic acids is 1. The van der Waals surface area contributed by atoms with Crippen LogP contribution in [0.25, 0.3) is 0 Å². The normalized spacial score (nSPS) is 14.3. The van der Waals surface area contributed by atoms with E-state index in [0.29, 0.717) is 19.6 Å². The van der Waals surface area contributed by atoms with Crippen molar-refractivity contribution in [1.82, 2.24) is 20.2 Å². The maximum atomic E-state index is 13.4. The molecule has 0 saturated carbocycles. The number of fused-ring (bicyclic) bond motifs is 1. The average Bonchev–Trinajstić information content (AvgIpc) is 2.95. The lowest BCUT2D eigenvalue weighted by atomic mass is 10.1. The zero-order valence-corrected chi connectivity index (χ0v) is 22.1. The first-order valence-electron chi connectivity index (χ1n) is 13.0. The fourth-order valence-electron chi connectivity index (χ4n) is 4.44. The van der Waals surface area contributed by atoms with E-state index in [9.17, 15) is 19.1 Å². The molecule has 1 aliphatic heterocycles. The Morgan fingerprint density at radius 1 is 1.24 bits per heavy atom. The van der Waals surface area contributed by atoms with Crippen molar-refractivity contribution in [3.63, 3.8) is 0 Å². The number of amides is 1. The minimum Gasteiger partial charge on any atom is -0.494 e. The summed E-state index contributed by atoms with van der Waals surface area (Å²) in [5, 5.41) is 15.6. The second-order valence-electron chi connectivity index (χ2n) is 9.32. The molecule has 1 amide bonds. The number of carbonyl (C=O) groups is 2. The first-order valence-corrected chi connectivity index (χ1v) is 13.0. The minimum atomic E-state index is -1.16. The number of anilines is 1. The third-order valence-corrected chi connectivity index (χ3v) is 6.62. The number of methoxy groups -OCH3 is 2. The number of rotatable bonds is 16. The SMILES string of the molecule is COc1cccnc1C(=O)N[C@@H](CCN(CCCCc1ccc2c(n1)NCCC2)C[C@@H](CF)OC)C(=O)O. The van der Waals surface area contributed by atoms with Crippen LogP contribution in [0.4, 0.5) is 10.2 Å². The zero-order chi connectivity index (χ0) is 27.3. The van der Waals surface area contributed by atoms with Gasteiger partial charge in [0.15, 0.2) is 5.69 Å². The lowest BCUT2D eigenvalue weighted by Gasteiger charge is -2.27. The highest BCUT2D eigenvalue weighted by Gasteiger charge is 2.24. The molecule has 2 aromatic heterocycles. The predicted molar refractivity (Wildman–Crippen MR) is 141 cm³/mol. The van der Waals surface area contributed by atoms with Gasteiger partial charge < -0.3 is 30.1 Å². The van der Waals surface area contributed by atoms with E-state index >= 15 is 0 Å².